The van der Waals surface area contributed by atoms with Gasteiger partial charge in [-0.25, -0.2) is 4.39 Å². The highest BCUT2D eigenvalue weighted by atomic mass is 32.1. The molecule has 2 heterocycles. The van der Waals surface area contributed by atoms with Gasteiger partial charge in [-0.05, 0) is 40.6 Å². The molecule has 1 N–H and O–H groups in total. The van der Waals surface area contributed by atoms with E-state index in [1.165, 1.54) is 11.3 Å². The van der Waals surface area contributed by atoms with E-state index in [0.717, 1.165) is 36.9 Å². The largest absolute Gasteiger partial charge is 0.416 e. The molecule has 23 heavy (non-hydrogen) atoms. The van der Waals surface area contributed by atoms with Crippen LogP contribution in [0.5, 0.6) is 0 Å². The second kappa shape index (κ2) is 6.59. The van der Waals surface area contributed by atoms with E-state index in [2.05, 4.69) is 5.32 Å². The average Bonchev–Trinajstić information content (AvgIpc) is 3.03. The molecule has 1 fully saturated rings. The number of halogens is 4. The van der Waals surface area contributed by atoms with Crippen molar-refractivity contribution in [2.45, 2.75) is 12.2 Å². The van der Waals surface area contributed by atoms with E-state index in [-0.39, 0.29) is 5.56 Å². The van der Waals surface area contributed by atoms with Crippen molar-refractivity contribution in [1.29, 1.82) is 0 Å². The van der Waals surface area contributed by atoms with Gasteiger partial charge in [0, 0.05) is 31.7 Å². The number of hydrogen-bond donors (Lipinski definition) is 1. The molecule has 1 aliphatic rings. The molecular weight excluding hydrogens is 328 g/mol. The molecule has 0 saturated carbocycles. The number of nitrogens with zero attached hydrogens (tertiary/aromatic N) is 1. The molecule has 0 spiro atoms. The minimum atomic E-state index is -4.48. The van der Waals surface area contributed by atoms with Crippen LogP contribution < -0.4 is 5.32 Å². The Morgan fingerprint density at radius 2 is 1.87 bits per heavy atom. The van der Waals surface area contributed by atoms with E-state index in [1.54, 1.807) is 0 Å². The molecule has 3 rings (SSSR count). The Balaban J connectivity index is 2.06. The zero-order valence-electron chi connectivity index (χ0n) is 12.2. The second-order valence-electron chi connectivity index (χ2n) is 5.48. The first-order valence-electron chi connectivity index (χ1n) is 7.30. The maximum Gasteiger partial charge on any atom is 0.416 e. The van der Waals surface area contributed by atoms with Crippen LogP contribution >= 0.6 is 11.3 Å². The molecule has 1 saturated heterocycles. The molecule has 0 bridgehead atoms. The molecule has 0 unspecified atom stereocenters. The van der Waals surface area contributed by atoms with Gasteiger partial charge in [-0.1, -0.05) is 0 Å². The molecule has 2 aromatic rings. The van der Waals surface area contributed by atoms with Crippen molar-refractivity contribution in [2.75, 3.05) is 26.2 Å². The SMILES string of the molecule is Fc1ccc(C(F)(F)F)cc1[C@@H](c1ccsc1)N1CCNCC1. The number of hydrogen-bond acceptors (Lipinski definition) is 3. The van der Waals surface area contributed by atoms with Gasteiger partial charge >= 0.3 is 6.18 Å². The van der Waals surface area contributed by atoms with Crippen LogP contribution in [0.25, 0.3) is 0 Å². The fourth-order valence-electron chi connectivity index (χ4n) is 2.89. The van der Waals surface area contributed by atoms with Gasteiger partial charge in [-0.2, -0.15) is 24.5 Å². The second-order valence-corrected chi connectivity index (χ2v) is 6.26. The van der Waals surface area contributed by atoms with Crippen molar-refractivity contribution in [1.82, 2.24) is 10.2 Å². The Bertz CT molecular complexity index is 649. The van der Waals surface area contributed by atoms with Crippen molar-refractivity contribution in [3.05, 3.63) is 57.5 Å². The summed E-state index contributed by atoms with van der Waals surface area (Å²) in [6, 6.07) is 4.00. The summed E-state index contributed by atoms with van der Waals surface area (Å²) < 4.78 is 53.4. The maximum absolute atomic E-state index is 14.3. The van der Waals surface area contributed by atoms with Crippen LogP contribution in [0.15, 0.2) is 35.0 Å². The van der Waals surface area contributed by atoms with Crippen LogP contribution in [0.2, 0.25) is 0 Å². The average molecular weight is 344 g/mol. The summed E-state index contributed by atoms with van der Waals surface area (Å²) in [6.45, 7) is 2.80. The van der Waals surface area contributed by atoms with Gasteiger partial charge in [0.05, 0.1) is 11.6 Å². The molecule has 1 atom stereocenters. The van der Waals surface area contributed by atoms with Crippen LogP contribution in [0.4, 0.5) is 17.6 Å². The summed E-state index contributed by atoms with van der Waals surface area (Å²) in [4.78, 5) is 2.02. The number of piperazine rings is 1. The lowest BCUT2D eigenvalue weighted by Crippen LogP contribution is -2.45. The van der Waals surface area contributed by atoms with Crippen LogP contribution in [-0.4, -0.2) is 31.1 Å². The van der Waals surface area contributed by atoms with Gasteiger partial charge in [0.15, 0.2) is 0 Å². The van der Waals surface area contributed by atoms with Gasteiger partial charge in [-0.15, -0.1) is 0 Å². The first kappa shape index (κ1) is 16.4. The topological polar surface area (TPSA) is 15.3 Å². The third-order valence-electron chi connectivity index (χ3n) is 3.99. The van der Waals surface area contributed by atoms with Crippen molar-refractivity contribution < 1.29 is 17.6 Å². The van der Waals surface area contributed by atoms with Crippen molar-refractivity contribution in [3.8, 4) is 0 Å². The minimum Gasteiger partial charge on any atom is -0.314 e. The number of rotatable bonds is 3. The summed E-state index contributed by atoms with van der Waals surface area (Å²) in [6.07, 6.45) is -4.48. The Hall–Kier alpha value is -1.44. The number of alkyl halides is 3. The third kappa shape index (κ3) is 3.57. The predicted molar refractivity (Wildman–Crippen MR) is 82.0 cm³/mol. The highest BCUT2D eigenvalue weighted by Crippen LogP contribution is 2.36. The molecule has 1 aromatic heterocycles. The van der Waals surface area contributed by atoms with Crippen molar-refractivity contribution >= 4 is 11.3 Å². The first-order valence-corrected chi connectivity index (χ1v) is 8.24. The van der Waals surface area contributed by atoms with E-state index in [9.17, 15) is 17.6 Å². The smallest absolute Gasteiger partial charge is 0.314 e. The monoisotopic (exact) mass is 344 g/mol. The quantitative estimate of drug-likeness (QED) is 0.850. The molecule has 124 valence electrons. The summed E-state index contributed by atoms with van der Waals surface area (Å²) in [5.41, 5.74) is 0.0968. The zero-order valence-corrected chi connectivity index (χ0v) is 13.1. The van der Waals surface area contributed by atoms with E-state index in [4.69, 9.17) is 0 Å². The molecule has 1 aromatic carbocycles. The van der Waals surface area contributed by atoms with E-state index in [1.807, 2.05) is 21.7 Å². The number of benzene rings is 1. The summed E-state index contributed by atoms with van der Waals surface area (Å²) in [5.74, 6) is -0.604. The van der Waals surface area contributed by atoms with E-state index >= 15 is 0 Å². The predicted octanol–water partition coefficient (Wildman–Crippen LogP) is 3.90. The number of thiophene rings is 1. The van der Waals surface area contributed by atoms with Crippen LogP contribution in [0, 0.1) is 5.82 Å². The lowest BCUT2D eigenvalue weighted by molar-refractivity contribution is -0.137. The Morgan fingerprint density at radius 3 is 2.48 bits per heavy atom. The normalized spacial score (nSPS) is 18.1. The molecule has 7 heteroatoms. The molecule has 0 aliphatic carbocycles. The Kier molecular flexibility index (Phi) is 4.70. The Labute approximate surface area is 135 Å². The van der Waals surface area contributed by atoms with Gasteiger partial charge in [-0.3, -0.25) is 4.90 Å². The molecular formula is C16H16F4N2S. The lowest BCUT2D eigenvalue weighted by atomic mass is 9.96. The standard InChI is InChI=1S/C16H16F4N2S/c17-14-2-1-12(16(18,19)20)9-13(14)15(11-3-8-23-10-11)22-6-4-21-5-7-22/h1-3,8-10,15,21H,4-7H2/t15-/m1/s1. The fourth-order valence-corrected chi connectivity index (χ4v) is 3.57. The minimum absolute atomic E-state index is 0.0834. The lowest BCUT2D eigenvalue weighted by Gasteiger charge is -2.35. The van der Waals surface area contributed by atoms with E-state index < -0.39 is 23.6 Å². The molecule has 2 nitrogen and oxygen atoms in total. The van der Waals surface area contributed by atoms with Gasteiger partial charge in [0.1, 0.15) is 5.82 Å². The number of nitrogens with one attached hydrogen (secondary N) is 1. The van der Waals surface area contributed by atoms with Gasteiger partial charge in [0.25, 0.3) is 0 Å². The Morgan fingerprint density at radius 1 is 1.13 bits per heavy atom. The molecule has 1 aliphatic heterocycles. The van der Waals surface area contributed by atoms with Crippen LogP contribution in [-0.2, 0) is 6.18 Å². The van der Waals surface area contributed by atoms with Gasteiger partial charge in [0.2, 0.25) is 0 Å². The molecule has 0 radical (unpaired) electrons. The first-order chi connectivity index (χ1) is 11.0. The summed E-state index contributed by atoms with van der Waals surface area (Å²) in [5, 5.41) is 6.93. The van der Waals surface area contributed by atoms with Gasteiger partial charge < -0.3 is 5.32 Å². The van der Waals surface area contributed by atoms with E-state index in [0.29, 0.717) is 13.1 Å². The van der Waals surface area contributed by atoms with Crippen LogP contribution in [0.1, 0.15) is 22.7 Å². The van der Waals surface area contributed by atoms with Crippen molar-refractivity contribution in [3.63, 3.8) is 0 Å². The van der Waals surface area contributed by atoms with Crippen molar-refractivity contribution in [2.24, 2.45) is 0 Å². The molecule has 0 amide bonds. The highest BCUT2D eigenvalue weighted by molar-refractivity contribution is 7.08. The summed E-state index contributed by atoms with van der Waals surface area (Å²) in [7, 11) is 0. The van der Waals surface area contributed by atoms with Crippen LogP contribution in [0.3, 0.4) is 0 Å². The maximum atomic E-state index is 14.3. The zero-order chi connectivity index (χ0) is 16.4. The third-order valence-corrected chi connectivity index (χ3v) is 4.70. The highest BCUT2D eigenvalue weighted by Gasteiger charge is 2.33. The summed E-state index contributed by atoms with van der Waals surface area (Å²) >= 11 is 1.46. The fraction of sp³-hybridized carbons (Fsp3) is 0.375.